The van der Waals surface area contributed by atoms with Crippen LogP contribution in [0, 0.1) is 6.92 Å². The molecule has 0 unspecified atom stereocenters. The molecule has 3 rings (SSSR count). The van der Waals surface area contributed by atoms with E-state index in [1.165, 1.54) is 11.3 Å². The number of fused-ring (bicyclic) bond motifs is 1. The molecule has 2 heterocycles. The molecule has 1 aromatic heterocycles. The van der Waals surface area contributed by atoms with Crippen LogP contribution in [0.1, 0.15) is 26.4 Å². The summed E-state index contributed by atoms with van der Waals surface area (Å²) in [5.41, 5.74) is 1.47. The molecule has 21 heavy (non-hydrogen) atoms. The van der Waals surface area contributed by atoms with E-state index >= 15 is 0 Å². The number of amides is 3. The summed E-state index contributed by atoms with van der Waals surface area (Å²) in [4.78, 5) is 41.2. The SMILES string of the molecule is Cc1csc(NC(=O)CN2C(=O)c3ccccc3C2=O)n1. The van der Waals surface area contributed by atoms with Crippen molar-refractivity contribution in [2.24, 2.45) is 0 Å². The number of aromatic nitrogens is 1. The topological polar surface area (TPSA) is 79.4 Å². The molecule has 0 spiro atoms. The first-order valence-corrected chi connectivity index (χ1v) is 7.11. The fraction of sp³-hybridized carbons (Fsp3) is 0.143. The van der Waals surface area contributed by atoms with E-state index in [0.29, 0.717) is 16.3 Å². The normalized spacial score (nSPS) is 13.5. The summed E-state index contributed by atoms with van der Waals surface area (Å²) in [6.45, 7) is 1.50. The summed E-state index contributed by atoms with van der Waals surface area (Å²) < 4.78 is 0. The van der Waals surface area contributed by atoms with Gasteiger partial charge >= 0.3 is 0 Å². The Bertz CT molecular complexity index is 718. The van der Waals surface area contributed by atoms with E-state index in [9.17, 15) is 14.4 Å². The Labute approximate surface area is 124 Å². The fourth-order valence-corrected chi connectivity index (χ4v) is 2.80. The lowest BCUT2D eigenvalue weighted by Gasteiger charge is -2.12. The fourth-order valence-electron chi connectivity index (χ4n) is 2.10. The van der Waals surface area contributed by atoms with E-state index in [2.05, 4.69) is 10.3 Å². The molecular formula is C14H11N3O3S. The third kappa shape index (κ3) is 2.43. The molecule has 0 saturated carbocycles. The van der Waals surface area contributed by atoms with Gasteiger partial charge in [-0.25, -0.2) is 4.98 Å². The first-order chi connectivity index (χ1) is 10.1. The van der Waals surface area contributed by atoms with Crippen LogP contribution < -0.4 is 5.32 Å². The lowest BCUT2D eigenvalue weighted by atomic mass is 10.1. The molecule has 1 N–H and O–H groups in total. The van der Waals surface area contributed by atoms with Gasteiger partial charge in [-0.1, -0.05) is 12.1 Å². The minimum absolute atomic E-state index is 0.315. The second kappa shape index (κ2) is 5.10. The van der Waals surface area contributed by atoms with Crippen LogP contribution in [0.25, 0.3) is 0 Å². The Morgan fingerprint density at radius 3 is 2.38 bits per heavy atom. The van der Waals surface area contributed by atoms with Gasteiger partial charge < -0.3 is 5.32 Å². The Balaban J connectivity index is 1.73. The van der Waals surface area contributed by atoms with E-state index in [1.807, 2.05) is 6.92 Å². The van der Waals surface area contributed by atoms with Gasteiger partial charge in [-0.15, -0.1) is 11.3 Å². The first kappa shape index (κ1) is 13.4. The molecule has 1 aliphatic heterocycles. The van der Waals surface area contributed by atoms with Gasteiger partial charge in [0.2, 0.25) is 5.91 Å². The van der Waals surface area contributed by atoms with E-state index in [-0.39, 0.29) is 6.54 Å². The number of imide groups is 1. The summed E-state index contributed by atoms with van der Waals surface area (Å²) >= 11 is 1.29. The highest BCUT2D eigenvalue weighted by atomic mass is 32.1. The van der Waals surface area contributed by atoms with Crippen molar-refractivity contribution in [2.75, 3.05) is 11.9 Å². The lowest BCUT2D eigenvalue weighted by Crippen LogP contribution is -2.37. The van der Waals surface area contributed by atoms with Gasteiger partial charge in [0.15, 0.2) is 5.13 Å². The maximum Gasteiger partial charge on any atom is 0.262 e. The van der Waals surface area contributed by atoms with E-state index in [1.54, 1.807) is 29.6 Å². The predicted octanol–water partition coefficient (Wildman–Crippen LogP) is 1.69. The number of nitrogens with zero attached hydrogens (tertiary/aromatic N) is 2. The minimum Gasteiger partial charge on any atom is -0.300 e. The number of thiazole rings is 1. The monoisotopic (exact) mass is 301 g/mol. The number of carbonyl (C=O) groups excluding carboxylic acids is 3. The Hall–Kier alpha value is -2.54. The molecule has 1 aromatic carbocycles. The number of hydrogen-bond acceptors (Lipinski definition) is 5. The summed E-state index contributed by atoms with van der Waals surface area (Å²) in [5.74, 6) is -1.33. The maximum absolute atomic E-state index is 12.1. The van der Waals surface area contributed by atoms with E-state index in [4.69, 9.17) is 0 Å². The number of aryl methyl sites for hydroxylation is 1. The Morgan fingerprint density at radius 1 is 1.24 bits per heavy atom. The molecule has 7 heteroatoms. The predicted molar refractivity (Wildman–Crippen MR) is 77.3 cm³/mol. The second-order valence-electron chi connectivity index (χ2n) is 4.58. The third-order valence-corrected chi connectivity index (χ3v) is 3.92. The van der Waals surface area contributed by atoms with Gasteiger partial charge in [0.05, 0.1) is 16.8 Å². The standard InChI is InChI=1S/C14H11N3O3S/c1-8-7-21-14(15-8)16-11(18)6-17-12(19)9-4-2-3-5-10(9)13(17)20/h2-5,7H,6H2,1H3,(H,15,16,18). The van der Waals surface area contributed by atoms with Gasteiger partial charge in [0, 0.05) is 5.38 Å². The van der Waals surface area contributed by atoms with Crippen molar-refractivity contribution in [3.63, 3.8) is 0 Å². The molecular weight excluding hydrogens is 290 g/mol. The molecule has 2 aromatic rings. The first-order valence-electron chi connectivity index (χ1n) is 6.23. The highest BCUT2D eigenvalue weighted by Gasteiger charge is 2.36. The number of carbonyl (C=O) groups is 3. The highest BCUT2D eigenvalue weighted by Crippen LogP contribution is 2.22. The molecule has 0 bridgehead atoms. The van der Waals surface area contributed by atoms with E-state index in [0.717, 1.165) is 10.6 Å². The van der Waals surface area contributed by atoms with Gasteiger partial charge in [0.25, 0.3) is 11.8 Å². The van der Waals surface area contributed by atoms with Gasteiger partial charge in [-0.3, -0.25) is 19.3 Å². The van der Waals surface area contributed by atoms with Crippen molar-refractivity contribution < 1.29 is 14.4 Å². The smallest absolute Gasteiger partial charge is 0.262 e. The van der Waals surface area contributed by atoms with Crippen LogP contribution in [0.3, 0.4) is 0 Å². The maximum atomic E-state index is 12.1. The number of benzene rings is 1. The van der Waals surface area contributed by atoms with Crippen molar-refractivity contribution in [3.8, 4) is 0 Å². The molecule has 0 fully saturated rings. The zero-order chi connectivity index (χ0) is 15.0. The van der Waals surface area contributed by atoms with Crippen molar-refractivity contribution >= 4 is 34.2 Å². The Morgan fingerprint density at radius 2 is 1.86 bits per heavy atom. The van der Waals surface area contributed by atoms with Crippen LogP contribution in [0.2, 0.25) is 0 Å². The van der Waals surface area contributed by atoms with Crippen LogP contribution in [0.15, 0.2) is 29.6 Å². The minimum atomic E-state index is -0.446. The zero-order valence-corrected chi connectivity index (χ0v) is 11.9. The summed E-state index contributed by atoms with van der Waals surface area (Å²) in [6.07, 6.45) is 0. The summed E-state index contributed by atoms with van der Waals surface area (Å²) in [5, 5.41) is 4.84. The van der Waals surface area contributed by atoms with Gasteiger partial charge in [0.1, 0.15) is 6.54 Å². The van der Waals surface area contributed by atoms with Crippen LogP contribution >= 0.6 is 11.3 Å². The van der Waals surface area contributed by atoms with Crippen molar-refractivity contribution in [1.29, 1.82) is 0 Å². The molecule has 0 radical (unpaired) electrons. The van der Waals surface area contributed by atoms with Gasteiger partial charge in [-0.05, 0) is 19.1 Å². The largest absolute Gasteiger partial charge is 0.300 e. The van der Waals surface area contributed by atoms with Crippen molar-refractivity contribution in [3.05, 3.63) is 46.5 Å². The van der Waals surface area contributed by atoms with Crippen molar-refractivity contribution in [2.45, 2.75) is 6.92 Å². The molecule has 1 aliphatic rings. The molecule has 3 amide bonds. The third-order valence-electron chi connectivity index (χ3n) is 3.05. The number of hydrogen-bond donors (Lipinski definition) is 1. The lowest BCUT2D eigenvalue weighted by molar-refractivity contribution is -0.116. The molecule has 106 valence electrons. The molecule has 6 nitrogen and oxygen atoms in total. The van der Waals surface area contributed by atoms with Gasteiger partial charge in [-0.2, -0.15) is 0 Å². The summed E-state index contributed by atoms with van der Waals surface area (Å²) in [7, 11) is 0. The van der Waals surface area contributed by atoms with Crippen LogP contribution in [-0.2, 0) is 4.79 Å². The number of rotatable bonds is 3. The average Bonchev–Trinajstić information content (AvgIpc) is 2.97. The van der Waals surface area contributed by atoms with Crippen LogP contribution in [0.5, 0.6) is 0 Å². The second-order valence-corrected chi connectivity index (χ2v) is 5.44. The quantitative estimate of drug-likeness (QED) is 0.875. The van der Waals surface area contributed by atoms with Crippen LogP contribution in [0.4, 0.5) is 5.13 Å². The molecule has 0 aliphatic carbocycles. The highest BCUT2D eigenvalue weighted by molar-refractivity contribution is 7.13. The molecule has 0 atom stereocenters. The Kier molecular flexibility index (Phi) is 3.26. The van der Waals surface area contributed by atoms with Crippen LogP contribution in [-0.4, -0.2) is 34.2 Å². The number of nitrogens with one attached hydrogen (secondary N) is 1. The zero-order valence-electron chi connectivity index (χ0n) is 11.1. The summed E-state index contributed by atoms with van der Waals surface area (Å²) in [6, 6.07) is 6.53. The van der Waals surface area contributed by atoms with Crippen molar-refractivity contribution in [1.82, 2.24) is 9.88 Å². The van der Waals surface area contributed by atoms with E-state index < -0.39 is 17.7 Å². The average molecular weight is 301 g/mol. The number of anilines is 1. The molecule has 0 saturated heterocycles.